The third kappa shape index (κ3) is 4.75. The summed E-state index contributed by atoms with van der Waals surface area (Å²) in [4.78, 5) is 26.8. The summed E-state index contributed by atoms with van der Waals surface area (Å²) in [7, 11) is -2.27. The maximum absolute atomic E-state index is 10.8. The Morgan fingerprint density at radius 1 is 0.600 bits per heavy atom. The van der Waals surface area contributed by atoms with Gasteiger partial charge in [0.25, 0.3) is 0 Å². The molecule has 2 aliphatic heterocycles. The van der Waals surface area contributed by atoms with Gasteiger partial charge in [0, 0.05) is 27.7 Å². The molecule has 2 saturated heterocycles. The van der Waals surface area contributed by atoms with Crippen LogP contribution < -0.4 is 15.1 Å². The van der Waals surface area contributed by atoms with Gasteiger partial charge in [-0.2, -0.15) is 0 Å². The lowest BCUT2D eigenvalue weighted by Gasteiger charge is -2.59. The van der Waals surface area contributed by atoms with Crippen molar-refractivity contribution >= 4 is 25.1 Å². The maximum Gasteiger partial charge on any atom is 0.201 e. The van der Waals surface area contributed by atoms with Gasteiger partial charge < -0.3 is 19.6 Å². The summed E-state index contributed by atoms with van der Waals surface area (Å²) in [5, 5.41) is 0.662. The van der Waals surface area contributed by atoms with Crippen molar-refractivity contribution in [2.45, 2.75) is 116 Å². The fraction of sp³-hybridized carbons (Fsp3) is 0.600. The average Bonchev–Trinajstić information content (AvgIpc) is 2.72. The van der Waals surface area contributed by atoms with Gasteiger partial charge in [-0.15, -0.1) is 0 Å². The lowest BCUT2D eigenvalue weighted by atomic mass is 9.76. The Balaban J connectivity index is 2.16. The molecule has 2 N–H and O–H groups in total. The molecule has 0 atom stereocenters. The zero-order valence-corrected chi connectivity index (χ0v) is 23.9. The number of hydrogen-bond donors (Lipinski definition) is 2. The van der Waals surface area contributed by atoms with E-state index in [4.69, 9.17) is 0 Å². The van der Waals surface area contributed by atoms with E-state index in [0.717, 1.165) is 37.1 Å². The number of hydrogen-bond acceptors (Lipinski definition) is 4. The second-order valence-corrected chi connectivity index (χ2v) is 14.2. The predicted octanol–water partition coefficient (Wildman–Crippen LogP) is 7.37. The third-order valence-corrected chi connectivity index (χ3v) is 9.24. The van der Waals surface area contributed by atoms with Gasteiger partial charge in [0.05, 0.1) is 16.7 Å². The molecule has 2 aromatic rings. The van der Waals surface area contributed by atoms with Crippen molar-refractivity contribution < 1.29 is 9.79 Å². The SMILES string of the molecule is CC1(C)CCCC(C)(C)N1c1c(-c2ccccc2)ccc(P(O)O)c1N1C(C)(C)CCCC1(C)C. The van der Waals surface area contributed by atoms with Crippen LogP contribution in [-0.2, 0) is 0 Å². The Hall–Kier alpha value is -1.61. The highest BCUT2D eigenvalue weighted by Gasteiger charge is 2.48. The van der Waals surface area contributed by atoms with Crippen LogP contribution in [0, 0.1) is 0 Å². The van der Waals surface area contributed by atoms with Gasteiger partial charge in [0.2, 0.25) is 8.38 Å². The molecular formula is C30H45N2O2P. The Labute approximate surface area is 214 Å². The van der Waals surface area contributed by atoms with Crippen LogP contribution in [-0.4, -0.2) is 31.9 Å². The lowest BCUT2D eigenvalue weighted by Crippen LogP contribution is -2.63. The summed E-state index contributed by atoms with van der Waals surface area (Å²) in [5.41, 5.74) is 4.13. The van der Waals surface area contributed by atoms with Crippen LogP contribution in [0.5, 0.6) is 0 Å². The number of rotatable bonds is 4. The topological polar surface area (TPSA) is 46.9 Å². The van der Waals surface area contributed by atoms with E-state index in [2.05, 4.69) is 102 Å². The minimum atomic E-state index is -2.27. The first-order valence-corrected chi connectivity index (χ1v) is 14.4. The van der Waals surface area contributed by atoms with Crippen molar-refractivity contribution in [3.8, 4) is 11.1 Å². The van der Waals surface area contributed by atoms with Crippen molar-refractivity contribution in [1.29, 1.82) is 0 Å². The first kappa shape index (κ1) is 26.5. The van der Waals surface area contributed by atoms with Crippen molar-refractivity contribution in [3.05, 3.63) is 42.5 Å². The Morgan fingerprint density at radius 2 is 1.03 bits per heavy atom. The molecular weight excluding hydrogens is 451 g/mol. The fourth-order valence-corrected chi connectivity index (χ4v) is 7.83. The van der Waals surface area contributed by atoms with E-state index in [0.29, 0.717) is 5.30 Å². The molecule has 4 rings (SSSR count). The maximum atomic E-state index is 10.8. The Morgan fingerprint density at radius 3 is 1.46 bits per heavy atom. The molecule has 5 heteroatoms. The molecule has 2 fully saturated rings. The number of nitrogens with zero attached hydrogens (tertiary/aromatic N) is 2. The summed E-state index contributed by atoms with van der Waals surface area (Å²) in [6, 6.07) is 14.7. The largest absolute Gasteiger partial charge is 0.359 e. The number of piperidine rings is 2. The molecule has 192 valence electrons. The zero-order valence-electron chi connectivity index (χ0n) is 23.0. The second kappa shape index (κ2) is 9.05. The van der Waals surface area contributed by atoms with Crippen LogP contribution in [0.15, 0.2) is 42.5 Å². The second-order valence-electron chi connectivity index (χ2n) is 13.1. The molecule has 0 amide bonds. The fourth-order valence-electron chi connectivity index (χ4n) is 7.23. The number of benzene rings is 2. The van der Waals surface area contributed by atoms with Crippen molar-refractivity contribution in [1.82, 2.24) is 0 Å². The summed E-state index contributed by atoms with van der Waals surface area (Å²) in [5.74, 6) is 0. The van der Waals surface area contributed by atoms with Crippen LogP contribution in [0.3, 0.4) is 0 Å². The molecule has 0 bridgehead atoms. The predicted molar refractivity (Wildman–Crippen MR) is 152 cm³/mol. The molecule has 0 spiro atoms. The summed E-state index contributed by atoms with van der Waals surface area (Å²) in [6.07, 6.45) is 6.73. The van der Waals surface area contributed by atoms with Crippen molar-refractivity contribution in [3.63, 3.8) is 0 Å². The van der Waals surface area contributed by atoms with Crippen LogP contribution >= 0.6 is 8.38 Å². The van der Waals surface area contributed by atoms with Gasteiger partial charge in [-0.1, -0.05) is 36.4 Å². The monoisotopic (exact) mass is 496 g/mol. The number of anilines is 2. The van der Waals surface area contributed by atoms with Gasteiger partial charge >= 0.3 is 0 Å². The van der Waals surface area contributed by atoms with E-state index in [9.17, 15) is 9.79 Å². The van der Waals surface area contributed by atoms with Crippen LogP contribution in [0.25, 0.3) is 11.1 Å². The normalized spacial score (nSPS) is 22.9. The first-order valence-electron chi connectivity index (χ1n) is 13.2. The van der Waals surface area contributed by atoms with E-state index in [1.165, 1.54) is 24.0 Å². The minimum Gasteiger partial charge on any atom is -0.359 e. The molecule has 0 aliphatic carbocycles. The highest BCUT2D eigenvalue weighted by molar-refractivity contribution is 7.54. The highest BCUT2D eigenvalue weighted by atomic mass is 31.2. The van der Waals surface area contributed by atoms with Gasteiger partial charge in [0.1, 0.15) is 0 Å². The molecule has 0 saturated carbocycles. The molecule has 35 heavy (non-hydrogen) atoms. The molecule has 2 heterocycles. The summed E-state index contributed by atoms with van der Waals surface area (Å²) >= 11 is 0. The minimum absolute atomic E-state index is 0.0730. The van der Waals surface area contributed by atoms with Gasteiger partial charge in [-0.25, -0.2) is 0 Å². The molecule has 4 nitrogen and oxygen atoms in total. The zero-order chi connectivity index (χ0) is 25.8. The van der Waals surface area contributed by atoms with E-state index in [1.54, 1.807) is 0 Å². The molecule has 0 aromatic heterocycles. The van der Waals surface area contributed by atoms with Gasteiger partial charge in [0.15, 0.2) is 0 Å². The third-order valence-electron chi connectivity index (χ3n) is 8.45. The van der Waals surface area contributed by atoms with Gasteiger partial charge in [-0.3, -0.25) is 0 Å². The van der Waals surface area contributed by atoms with E-state index >= 15 is 0 Å². The van der Waals surface area contributed by atoms with E-state index < -0.39 is 8.38 Å². The van der Waals surface area contributed by atoms with Crippen LogP contribution in [0.1, 0.15) is 93.9 Å². The quantitative estimate of drug-likeness (QED) is 0.434. The molecule has 0 radical (unpaired) electrons. The average molecular weight is 497 g/mol. The Bertz CT molecular complexity index is 1030. The smallest absolute Gasteiger partial charge is 0.201 e. The molecule has 2 aliphatic rings. The summed E-state index contributed by atoms with van der Waals surface area (Å²) < 4.78 is 0. The van der Waals surface area contributed by atoms with Crippen molar-refractivity contribution in [2.24, 2.45) is 0 Å². The highest BCUT2D eigenvalue weighted by Crippen LogP contribution is 2.54. The van der Waals surface area contributed by atoms with Crippen molar-refractivity contribution in [2.75, 3.05) is 9.80 Å². The molecule has 2 aromatic carbocycles. The van der Waals surface area contributed by atoms with Crippen LogP contribution in [0.2, 0.25) is 0 Å². The Kier molecular flexibility index (Phi) is 6.84. The van der Waals surface area contributed by atoms with Gasteiger partial charge in [-0.05, 0) is 106 Å². The summed E-state index contributed by atoms with van der Waals surface area (Å²) in [6.45, 7) is 18.7. The van der Waals surface area contributed by atoms with E-state index in [-0.39, 0.29) is 22.2 Å². The van der Waals surface area contributed by atoms with E-state index in [1.807, 2.05) is 6.07 Å². The molecule has 0 unspecified atom stereocenters. The standard InChI is InChI=1S/C30H45N2O2P/c1-27(2)18-12-19-28(3,4)31(27)25-23(22-14-10-9-11-15-22)16-17-24(35(33)34)26(25)32-29(5,6)20-13-21-30(32,7)8/h9-11,14-17,33-34H,12-13,18-21H2,1-8H3. The van der Waals surface area contributed by atoms with Crippen LogP contribution in [0.4, 0.5) is 11.4 Å². The first-order chi connectivity index (χ1) is 16.2. The lowest BCUT2D eigenvalue weighted by molar-refractivity contribution is 0.234.